The Balaban J connectivity index is 3.09. The lowest BCUT2D eigenvalue weighted by atomic mass is 10.2. The van der Waals surface area contributed by atoms with Gasteiger partial charge in [-0.25, -0.2) is 0 Å². The van der Waals surface area contributed by atoms with Crippen LogP contribution in [0.4, 0.5) is 5.69 Å². The Morgan fingerprint density at radius 3 is 2.75 bits per heavy atom. The van der Waals surface area contributed by atoms with E-state index in [0.717, 1.165) is 5.69 Å². The Labute approximate surface area is 95.2 Å². The fraction of sp³-hybridized carbons (Fsp3) is 0.455. The molecule has 0 spiro atoms. The van der Waals surface area contributed by atoms with Crippen LogP contribution in [0.3, 0.4) is 0 Å². The van der Waals surface area contributed by atoms with Crippen molar-refractivity contribution in [2.75, 3.05) is 19.3 Å². The number of aromatic nitrogens is 2. The van der Waals surface area contributed by atoms with Gasteiger partial charge in [-0.3, -0.25) is 9.48 Å². The lowest BCUT2D eigenvalue weighted by molar-refractivity contribution is 0.0803. The van der Waals surface area contributed by atoms with Crippen LogP contribution in [0.15, 0.2) is 0 Å². The molecule has 0 saturated heterocycles. The highest BCUT2D eigenvalue weighted by Gasteiger charge is 2.21. The largest absolute Gasteiger partial charge is 0.395 e. The fourth-order valence-electron chi connectivity index (χ4n) is 1.50. The molecular formula is C11H16N4O. The molecule has 1 aromatic heterocycles. The van der Waals surface area contributed by atoms with Gasteiger partial charge >= 0.3 is 0 Å². The second-order valence-corrected chi connectivity index (χ2v) is 3.55. The fourth-order valence-corrected chi connectivity index (χ4v) is 1.50. The molecule has 1 rings (SSSR count). The van der Waals surface area contributed by atoms with E-state index in [1.54, 1.807) is 14.1 Å². The Bertz CT molecular complexity index is 442. The van der Waals surface area contributed by atoms with Gasteiger partial charge < -0.3 is 10.6 Å². The molecule has 1 heterocycles. The van der Waals surface area contributed by atoms with Crippen LogP contribution >= 0.6 is 0 Å². The van der Waals surface area contributed by atoms with E-state index in [9.17, 15) is 4.79 Å². The molecule has 0 aliphatic rings. The molecule has 0 fully saturated rings. The molecule has 1 aromatic rings. The van der Waals surface area contributed by atoms with Crippen molar-refractivity contribution in [3.05, 3.63) is 11.4 Å². The second-order valence-electron chi connectivity index (χ2n) is 3.55. The van der Waals surface area contributed by atoms with Gasteiger partial charge in [0.2, 0.25) is 0 Å². The van der Waals surface area contributed by atoms with E-state index in [-0.39, 0.29) is 12.5 Å². The topological polar surface area (TPSA) is 64.2 Å². The SMILES string of the molecule is C#CCN(C)C(=O)c1c(N)c(CC)nn1C. The molecule has 5 heteroatoms. The maximum Gasteiger partial charge on any atom is 0.274 e. The minimum Gasteiger partial charge on any atom is -0.395 e. The summed E-state index contributed by atoms with van der Waals surface area (Å²) in [6.07, 6.45) is 5.86. The summed E-state index contributed by atoms with van der Waals surface area (Å²) in [4.78, 5) is 13.4. The zero-order chi connectivity index (χ0) is 12.3. The van der Waals surface area contributed by atoms with Crippen molar-refractivity contribution in [3.63, 3.8) is 0 Å². The number of amides is 1. The van der Waals surface area contributed by atoms with Crippen LogP contribution in [-0.4, -0.2) is 34.2 Å². The first kappa shape index (κ1) is 12.1. The van der Waals surface area contributed by atoms with Gasteiger partial charge in [-0.1, -0.05) is 12.8 Å². The summed E-state index contributed by atoms with van der Waals surface area (Å²) in [5, 5.41) is 4.18. The van der Waals surface area contributed by atoms with Crippen LogP contribution in [0.1, 0.15) is 23.1 Å². The summed E-state index contributed by atoms with van der Waals surface area (Å²) in [6.45, 7) is 2.20. The number of nitrogens with zero attached hydrogens (tertiary/aromatic N) is 3. The molecule has 0 unspecified atom stereocenters. The predicted octanol–water partition coefficient (Wildman–Crippen LogP) is 0.270. The molecule has 0 saturated carbocycles. The molecule has 16 heavy (non-hydrogen) atoms. The normalized spacial score (nSPS) is 9.88. The van der Waals surface area contributed by atoms with E-state index < -0.39 is 0 Å². The number of hydrogen-bond acceptors (Lipinski definition) is 3. The van der Waals surface area contributed by atoms with Crippen molar-refractivity contribution in [1.82, 2.24) is 14.7 Å². The Hall–Kier alpha value is -1.96. The Morgan fingerprint density at radius 1 is 1.69 bits per heavy atom. The second kappa shape index (κ2) is 4.71. The number of aryl methyl sites for hydroxylation is 2. The maximum absolute atomic E-state index is 12.0. The summed E-state index contributed by atoms with van der Waals surface area (Å²) >= 11 is 0. The summed E-state index contributed by atoms with van der Waals surface area (Å²) < 4.78 is 1.50. The molecule has 0 aromatic carbocycles. The molecule has 0 atom stereocenters. The third kappa shape index (κ3) is 2.01. The molecule has 1 amide bonds. The lowest BCUT2D eigenvalue weighted by Crippen LogP contribution is -2.29. The van der Waals surface area contributed by atoms with Crippen LogP contribution in [0, 0.1) is 12.3 Å². The number of carbonyl (C=O) groups is 1. The van der Waals surface area contributed by atoms with E-state index in [1.807, 2.05) is 6.92 Å². The first-order valence-electron chi connectivity index (χ1n) is 5.03. The standard InChI is InChI=1S/C11H16N4O/c1-5-7-14(3)11(16)10-9(12)8(6-2)13-15(10)4/h1H,6-7,12H2,2-4H3. The van der Waals surface area contributed by atoms with Gasteiger partial charge in [0.05, 0.1) is 17.9 Å². The minimum atomic E-state index is -0.204. The first-order chi connectivity index (χ1) is 7.52. The first-order valence-corrected chi connectivity index (χ1v) is 5.03. The van der Waals surface area contributed by atoms with E-state index in [1.165, 1.54) is 9.58 Å². The molecular weight excluding hydrogens is 204 g/mol. The molecule has 5 nitrogen and oxygen atoms in total. The van der Waals surface area contributed by atoms with Crippen molar-refractivity contribution in [1.29, 1.82) is 0 Å². The number of rotatable bonds is 3. The Kier molecular flexibility index (Phi) is 3.56. The average molecular weight is 220 g/mol. The summed E-state index contributed by atoms with van der Waals surface area (Å²) in [6, 6.07) is 0. The highest BCUT2D eigenvalue weighted by molar-refractivity contribution is 5.98. The summed E-state index contributed by atoms with van der Waals surface area (Å²) in [7, 11) is 3.34. The van der Waals surface area contributed by atoms with Crippen molar-refractivity contribution in [2.24, 2.45) is 7.05 Å². The number of nitrogen functional groups attached to an aromatic ring is 1. The van der Waals surface area contributed by atoms with Crippen LogP contribution in [-0.2, 0) is 13.5 Å². The van der Waals surface area contributed by atoms with Crippen LogP contribution in [0.2, 0.25) is 0 Å². The van der Waals surface area contributed by atoms with E-state index in [0.29, 0.717) is 17.8 Å². The Morgan fingerprint density at radius 2 is 2.31 bits per heavy atom. The average Bonchev–Trinajstić information content (AvgIpc) is 2.53. The quantitative estimate of drug-likeness (QED) is 0.744. The molecule has 0 aliphatic heterocycles. The number of hydrogen-bond donors (Lipinski definition) is 1. The third-order valence-electron chi connectivity index (χ3n) is 2.37. The molecule has 0 aliphatic carbocycles. The highest BCUT2D eigenvalue weighted by atomic mass is 16.2. The number of anilines is 1. The third-order valence-corrected chi connectivity index (χ3v) is 2.37. The van der Waals surface area contributed by atoms with Crippen molar-refractivity contribution >= 4 is 11.6 Å². The van der Waals surface area contributed by atoms with Gasteiger partial charge in [-0.2, -0.15) is 5.10 Å². The number of nitrogens with two attached hydrogens (primary N) is 1. The maximum atomic E-state index is 12.0. The predicted molar refractivity (Wildman–Crippen MR) is 62.8 cm³/mol. The zero-order valence-electron chi connectivity index (χ0n) is 9.82. The van der Waals surface area contributed by atoms with Gasteiger partial charge in [0.15, 0.2) is 0 Å². The van der Waals surface area contributed by atoms with Crippen LogP contribution in [0.25, 0.3) is 0 Å². The molecule has 0 bridgehead atoms. The van der Waals surface area contributed by atoms with Crippen molar-refractivity contribution < 1.29 is 4.79 Å². The zero-order valence-corrected chi connectivity index (χ0v) is 9.82. The van der Waals surface area contributed by atoms with Gasteiger partial charge in [0, 0.05) is 14.1 Å². The van der Waals surface area contributed by atoms with Gasteiger partial charge in [-0.05, 0) is 6.42 Å². The van der Waals surface area contributed by atoms with Crippen LogP contribution in [0.5, 0.6) is 0 Å². The van der Waals surface area contributed by atoms with Crippen molar-refractivity contribution in [2.45, 2.75) is 13.3 Å². The van der Waals surface area contributed by atoms with Crippen molar-refractivity contribution in [3.8, 4) is 12.3 Å². The lowest BCUT2D eigenvalue weighted by Gasteiger charge is -2.14. The smallest absolute Gasteiger partial charge is 0.274 e. The minimum absolute atomic E-state index is 0.204. The van der Waals surface area contributed by atoms with Gasteiger partial charge in [0.25, 0.3) is 5.91 Å². The number of carbonyl (C=O) groups excluding carboxylic acids is 1. The monoisotopic (exact) mass is 220 g/mol. The highest BCUT2D eigenvalue weighted by Crippen LogP contribution is 2.18. The van der Waals surface area contributed by atoms with Crippen LogP contribution < -0.4 is 5.73 Å². The van der Waals surface area contributed by atoms with E-state index >= 15 is 0 Å². The van der Waals surface area contributed by atoms with E-state index in [4.69, 9.17) is 12.2 Å². The molecule has 86 valence electrons. The summed E-state index contributed by atoms with van der Waals surface area (Å²) in [5.74, 6) is 2.21. The van der Waals surface area contributed by atoms with Gasteiger partial charge in [0.1, 0.15) is 5.69 Å². The van der Waals surface area contributed by atoms with E-state index in [2.05, 4.69) is 11.0 Å². The van der Waals surface area contributed by atoms with Gasteiger partial charge in [-0.15, -0.1) is 6.42 Å². The number of terminal acetylenes is 1. The molecule has 2 N–H and O–H groups in total. The summed E-state index contributed by atoms with van der Waals surface area (Å²) in [5.41, 5.74) is 7.44. The molecule has 0 radical (unpaired) electrons.